The number of rotatable bonds is 4. The van der Waals surface area contributed by atoms with Gasteiger partial charge in [0.1, 0.15) is 6.10 Å². The standard InChI is InChI=1S/C18H17NO2/c1-12(20)18(21)17(13-7-3-2-4-8-13)15-11-19-16-10-6-5-9-14(15)16/h2-11,17-19,21H,1H3. The Kier molecular flexibility index (Phi) is 3.59. The van der Waals surface area contributed by atoms with E-state index in [1.54, 1.807) is 0 Å². The number of ketones is 1. The third-order valence-corrected chi connectivity index (χ3v) is 3.85. The second kappa shape index (κ2) is 5.54. The molecule has 0 amide bonds. The van der Waals surface area contributed by atoms with Crippen molar-refractivity contribution in [1.82, 2.24) is 4.98 Å². The maximum atomic E-state index is 11.7. The largest absolute Gasteiger partial charge is 0.384 e. The SMILES string of the molecule is CC(=O)C(O)C(c1ccccc1)c1c[nH]c2ccccc12. The molecule has 21 heavy (non-hydrogen) atoms. The number of hydrogen-bond donors (Lipinski definition) is 2. The van der Waals surface area contributed by atoms with Crippen LogP contribution >= 0.6 is 0 Å². The zero-order valence-corrected chi connectivity index (χ0v) is 11.8. The van der Waals surface area contributed by atoms with Crippen molar-refractivity contribution in [3.63, 3.8) is 0 Å². The maximum absolute atomic E-state index is 11.7. The van der Waals surface area contributed by atoms with Gasteiger partial charge in [0.25, 0.3) is 0 Å². The van der Waals surface area contributed by atoms with Crippen molar-refractivity contribution in [3.8, 4) is 0 Å². The number of carbonyl (C=O) groups is 1. The summed E-state index contributed by atoms with van der Waals surface area (Å²) in [6, 6.07) is 17.6. The molecule has 2 atom stereocenters. The van der Waals surface area contributed by atoms with Crippen molar-refractivity contribution in [2.75, 3.05) is 0 Å². The quantitative estimate of drug-likeness (QED) is 0.770. The van der Waals surface area contributed by atoms with E-state index in [4.69, 9.17) is 0 Å². The van der Waals surface area contributed by atoms with Crippen molar-refractivity contribution < 1.29 is 9.90 Å². The number of nitrogens with one attached hydrogen (secondary N) is 1. The lowest BCUT2D eigenvalue weighted by Crippen LogP contribution is -2.26. The number of aliphatic hydroxyl groups is 1. The van der Waals surface area contributed by atoms with Gasteiger partial charge in [0, 0.05) is 23.0 Å². The lowest BCUT2D eigenvalue weighted by molar-refractivity contribution is -0.125. The molecule has 0 saturated carbocycles. The van der Waals surface area contributed by atoms with E-state index >= 15 is 0 Å². The molecule has 0 radical (unpaired) electrons. The van der Waals surface area contributed by atoms with E-state index in [1.807, 2.05) is 60.8 Å². The number of aromatic nitrogens is 1. The number of Topliss-reactive ketones (excluding diaryl/α,β-unsaturated/α-hetero) is 1. The second-order valence-electron chi connectivity index (χ2n) is 5.23. The molecule has 1 aromatic heterocycles. The first kappa shape index (κ1) is 13.6. The molecule has 0 aliphatic rings. The zero-order valence-electron chi connectivity index (χ0n) is 11.8. The van der Waals surface area contributed by atoms with Crippen LogP contribution in [0.4, 0.5) is 0 Å². The first-order chi connectivity index (χ1) is 10.2. The third kappa shape index (κ3) is 2.48. The summed E-state index contributed by atoms with van der Waals surface area (Å²) < 4.78 is 0. The first-order valence-electron chi connectivity index (χ1n) is 6.98. The number of H-pyrrole nitrogens is 1. The predicted octanol–water partition coefficient (Wildman–Crippen LogP) is 3.25. The summed E-state index contributed by atoms with van der Waals surface area (Å²) in [7, 11) is 0. The highest BCUT2D eigenvalue weighted by molar-refractivity contribution is 5.87. The highest BCUT2D eigenvalue weighted by Gasteiger charge is 2.28. The van der Waals surface area contributed by atoms with Gasteiger partial charge in [-0.25, -0.2) is 0 Å². The molecule has 0 aliphatic carbocycles. The molecule has 3 heteroatoms. The van der Waals surface area contributed by atoms with Gasteiger partial charge < -0.3 is 10.1 Å². The number of benzene rings is 2. The Balaban J connectivity index is 2.18. The number of hydrogen-bond acceptors (Lipinski definition) is 2. The highest BCUT2D eigenvalue weighted by Crippen LogP contribution is 2.33. The van der Waals surface area contributed by atoms with Crippen LogP contribution in [0.1, 0.15) is 24.0 Å². The van der Waals surface area contributed by atoms with Gasteiger partial charge in [-0.3, -0.25) is 4.79 Å². The van der Waals surface area contributed by atoms with Crippen molar-refractivity contribution in [3.05, 3.63) is 71.9 Å². The summed E-state index contributed by atoms with van der Waals surface area (Å²) in [5.74, 6) is -0.589. The lowest BCUT2D eigenvalue weighted by Gasteiger charge is -2.21. The van der Waals surface area contributed by atoms with Crippen molar-refractivity contribution >= 4 is 16.7 Å². The topological polar surface area (TPSA) is 53.1 Å². The summed E-state index contributed by atoms with van der Waals surface area (Å²) in [6.07, 6.45) is 0.834. The predicted molar refractivity (Wildman–Crippen MR) is 83.3 cm³/mol. The number of para-hydroxylation sites is 1. The van der Waals surface area contributed by atoms with Crippen LogP contribution in [0, 0.1) is 0 Å². The summed E-state index contributed by atoms with van der Waals surface area (Å²) in [5.41, 5.74) is 2.88. The number of aromatic amines is 1. The maximum Gasteiger partial charge on any atom is 0.159 e. The zero-order chi connectivity index (χ0) is 14.8. The van der Waals surface area contributed by atoms with Crippen LogP contribution in [0.25, 0.3) is 10.9 Å². The van der Waals surface area contributed by atoms with E-state index in [1.165, 1.54) is 6.92 Å². The van der Waals surface area contributed by atoms with Gasteiger partial charge in [0.05, 0.1) is 0 Å². The van der Waals surface area contributed by atoms with E-state index in [-0.39, 0.29) is 11.7 Å². The normalized spacial score (nSPS) is 14.0. The summed E-state index contributed by atoms with van der Waals surface area (Å²) in [4.78, 5) is 14.9. The molecule has 0 saturated heterocycles. The molecule has 2 unspecified atom stereocenters. The van der Waals surface area contributed by atoms with E-state index in [0.717, 1.165) is 22.0 Å². The molecular weight excluding hydrogens is 262 g/mol. The second-order valence-corrected chi connectivity index (χ2v) is 5.23. The summed E-state index contributed by atoms with van der Waals surface area (Å²) in [6.45, 7) is 1.43. The molecule has 0 aliphatic heterocycles. The number of aliphatic hydroxyl groups excluding tert-OH is 1. The van der Waals surface area contributed by atoms with Gasteiger partial charge in [0.2, 0.25) is 0 Å². The molecule has 2 N–H and O–H groups in total. The Morgan fingerprint density at radius 2 is 1.71 bits per heavy atom. The average Bonchev–Trinajstić information content (AvgIpc) is 2.93. The van der Waals surface area contributed by atoms with Crippen LogP contribution in [0.3, 0.4) is 0 Å². The molecular formula is C18H17NO2. The molecule has 106 valence electrons. The Labute approximate surface area is 123 Å². The van der Waals surface area contributed by atoms with Crippen molar-refractivity contribution in [1.29, 1.82) is 0 Å². The molecule has 0 bridgehead atoms. The molecule has 3 aromatic rings. The van der Waals surface area contributed by atoms with E-state index in [0.29, 0.717) is 0 Å². The Hall–Kier alpha value is -2.39. The molecule has 1 heterocycles. The lowest BCUT2D eigenvalue weighted by atomic mass is 9.85. The molecule has 0 fully saturated rings. The minimum Gasteiger partial charge on any atom is -0.384 e. The monoisotopic (exact) mass is 279 g/mol. The fourth-order valence-corrected chi connectivity index (χ4v) is 2.78. The van der Waals surface area contributed by atoms with Gasteiger partial charge in [-0.1, -0.05) is 48.5 Å². The minimum absolute atomic E-state index is 0.228. The van der Waals surface area contributed by atoms with Crippen LogP contribution in [0.15, 0.2) is 60.8 Å². The molecule has 0 spiro atoms. The Bertz CT molecular complexity index is 761. The molecule has 3 rings (SSSR count). The van der Waals surface area contributed by atoms with Gasteiger partial charge in [0.15, 0.2) is 5.78 Å². The van der Waals surface area contributed by atoms with Crippen molar-refractivity contribution in [2.24, 2.45) is 0 Å². The van der Waals surface area contributed by atoms with E-state index in [2.05, 4.69) is 4.98 Å². The summed E-state index contributed by atoms with van der Waals surface area (Å²) in [5, 5.41) is 11.4. The Morgan fingerprint density at radius 1 is 1.05 bits per heavy atom. The fraction of sp³-hybridized carbons (Fsp3) is 0.167. The van der Waals surface area contributed by atoms with Crippen molar-refractivity contribution in [2.45, 2.75) is 18.9 Å². The number of carbonyl (C=O) groups excluding carboxylic acids is 1. The molecule has 3 nitrogen and oxygen atoms in total. The van der Waals surface area contributed by atoms with Gasteiger partial charge in [-0.2, -0.15) is 0 Å². The van der Waals surface area contributed by atoms with E-state index in [9.17, 15) is 9.90 Å². The first-order valence-corrected chi connectivity index (χ1v) is 6.98. The van der Waals surface area contributed by atoms with E-state index < -0.39 is 6.10 Å². The average molecular weight is 279 g/mol. The minimum atomic E-state index is -1.05. The number of fused-ring (bicyclic) bond motifs is 1. The van der Waals surface area contributed by atoms with Crippen LogP contribution in [0.2, 0.25) is 0 Å². The van der Waals surface area contributed by atoms with Crippen LogP contribution in [0.5, 0.6) is 0 Å². The van der Waals surface area contributed by atoms with Gasteiger partial charge in [-0.15, -0.1) is 0 Å². The van der Waals surface area contributed by atoms with Crippen LogP contribution in [-0.2, 0) is 4.79 Å². The molecule has 2 aromatic carbocycles. The summed E-state index contributed by atoms with van der Waals surface area (Å²) >= 11 is 0. The van der Waals surface area contributed by atoms with Gasteiger partial charge in [-0.05, 0) is 24.1 Å². The fourth-order valence-electron chi connectivity index (χ4n) is 2.78. The van der Waals surface area contributed by atoms with Crippen LogP contribution < -0.4 is 0 Å². The van der Waals surface area contributed by atoms with Crippen LogP contribution in [-0.4, -0.2) is 22.0 Å². The Morgan fingerprint density at radius 3 is 2.43 bits per heavy atom. The smallest absolute Gasteiger partial charge is 0.159 e. The third-order valence-electron chi connectivity index (χ3n) is 3.85. The highest BCUT2D eigenvalue weighted by atomic mass is 16.3. The van der Waals surface area contributed by atoms with Gasteiger partial charge >= 0.3 is 0 Å².